The van der Waals surface area contributed by atoms with E-state index in [4.69, 9.17) is 17.3 Å². The molecule has 3 N–H and O–H groups in total. The maximum Gasteiger partial charge on any atom is 0.244 e. The summed E-state index contributed by atoms with van der Waals surface area (Å²) in [6.07, 6.45) is 2.27. The molecule has 3 rings (SSSR count). The topological polar surface area (TPSA) is 74.0 Å². The number of guanidine groups is 1. The lowest BCUT2D eigenvalue weighted by molar-refractivity contribution is -0.129. The Labute approximate surface area is 141 Å². The summed E-state index contributed by atoms with van der Waals surface area (Å²) in [5.41, 5.74) is 6.89. The minimum atomic E-state index is 0.0290. The number of hydrogen-bond donors (Lipinski definition) is 2. The highest BCUT2D eigenvalue weighted by atomic mass is 35.5. The van der Waals surface area contributed by atoms with E-state index < -0.39 is 0 Å². The van der Waals surface area contributed by atoms with Crippen molar-refractivity contribution in [2.45, 2.75) is 18.9 Å². The fourth-order valence-electron chi connectivity index (χ4n) is 2.60. The van der Waals surface area contributed by atoms with Crippen molar-refractivity contribution in [3.05, 3.63) is 29.3 Å². The maximum atomic E-state index is 12.2. The Morgan fingerprint density at radius 2 is 1.87 bits per heavy atom. The molecule has 23 heavy (non-hydrogen) atoms. The van der Waals surface area contributed by atoms with Crippen LogP contribution in [0, 0.1) is 0 Å². The maximum absolute atomic E-state index is 12.2. The van der Waals surface area contributed by atoms with Crippen LogP contribution in [0.15, 0.2) is 29.3 Å². The quantitative estimate of drug-likeness (QED) is 0.637. The number of rotatable bonds is 4. The first kappa shape index (κ1) is 15.9. The molecule has 2 fully saturated rings. The van der Waals surface area contributed by atoms with Gasteiger partial charge in [-0.3, -0.25) is 4.79 Å². The third-order valence-electron chi connectivity index (χ3n) is 4.14. The molecule has 1 amide bonds. The molecule has 1 aromatic rings. The molecule has 7 heteroatoms. The van der Waals surface area contributed by atoms with Crippen LogP contribution in [-0.4, -0.2) is 55.5 Å². The molecule has 1 aliphatic carbocycles. The SMILES string of the molecule is NC(=NCC(=O)N1CCN(c2ccc(Cl)cc2)CC1)NC1CC1. The predicted octanol–water partition coefficient (Wildman–Crippen LogP) is 1.06. The first-order valence-electron chi connectivity index (χ1n) is 7.96. The van der Waals surface area contributed by atoms with Crippen molar-refractivity contribution in [2.24, 2.45) is 10.7 Å². The number of nitrogens with zero attached hydrogens (tertiary/aromatic N) is 3. The van der Waals surface area contributed by atoms with E-state index in [2.05, 4.69) is 15.2 Å². The van der Waals surface area contributed by atoms with E-state index >= 15 is 0 Å². The second-order valence-electron chi connectivity index (χ2n) is 5.96. The van der Waals surface area contributed by atoms with Crippen LogP contribution in [0.4, 0.5) is 5.69 Å². The van der Waals surface area contributed by atoms with E-state index in [-0.39, 0.29) is 12.5 Å². The minimum absolute atomic E-state index is 0.0290. The van der Waals surface area contributed by atoms with E-state index in [9.17, 15) is 4.79 Å². The van der Waals surface area contributed by atoms with Crippen molar-refractivity contribution in [3.8, 4) is 0 Å². The number of hydrogen-bond acceptors (Lipinski definition) is 3. The number of amides is 1. The number of anilines is 1. The van der Waals surface area contributed by atoms with Gasteiger partial charge in [0, 0.05) is 42.9 Å². The Balaban J connectivity index is 1.46. The molecule has 1 aliphatic heterocycles. The lowest BCUT2D eigenvalue weighted by Gasteiger charge is -2.36. The van der Waals surface area contributed by atoms with Crippen molar-refractivity contribution in [3.63, 3.8) is 0 Å². The Morgan fingerprint density at radius 1 is 1.22 bits per heavy atom. The molecule has 0 radical (unpaired) electrons. The van der Waals surface area contributed by atoms with Gasteiger partial charge in [-0.1, -0.05) is 11.6 Å². The number of halogens is 1. The smallest absolute Gasteiger partial charge is 0.244 e. The highest BCUT2D eigenvalue weighted by Gasteiger charge is 2.23. The Morgan fingerprint density at radius 3 is 2.48 bits per heavy atom. The minimum Gasteiger partial charge on any atom is -0.370 e. The molecule has 1 saturated carbocycles. The van der Waals surface area contributed by atoms with Crippen LogP contribution in [0.25, 0.3) is 0 Å². The number of aliphatic imine (C=N–C) groups is 1. The highest BCUT2D eigenvalue weighted by molar-refractivity contribution is 6.30. The standard InChI is InChI=1S/C16H22ClN5O/c17-12-1-5-14(6-2-12)21-7-9-22(10-8-21)15(23)11-19-16(18)20-13-3-4-13/h1-2,5-6,13H,3-4,7-11H2,(H3,18,19,20). The molecule has 0 bridgehead atoms. The van der Waals surface area contributed by atoms with Crippen molar-refractivity contribution < 1.29 is 4.79 Å². The van der Waals surface area contributed by atoms with Gasteiger partial charge in [-0.15, -0.1) is 0 Å². The summed E-state index contributed by atoms with van der Waals surface area (Å²) in [7, 11) is 0. The summed E-state index contributed by atoms with van der Waals surface area (Å²) < 4.78 is 0. The predicted molar refractivity (Wildman–Crippen MR) is 92.9 cm³/mol. The molecule has 1 heterocycles. The van der Waals surface area contributed by atoms with Gasteiger partial charge < -0.3 is 20.9 Å². The molecule has 0 atom stereocenters. The lowest BCUT2D eigenvalue weighted by atomic mass is 10.2. The second kappa shape index (κ2) is 7.08. The number of nitrogens with two attached hydrogens (primary N) is 1. The van der Waals surface area contributed by atoms with Gasteiger partial charge in [0.2, 0.25) is 5.91 Å². The number of benzene rings is 1. The Hall–Kier alpha value is -1.95. The molecule has 124 valence electrons. The second-order valence-corrected chi connectivity index (χ2v) is 6.40. The lowest BCUT2D eigenvalue weighted by Crippen LogP contribution is -2.49. The number of piperazine rings is 1. The van der Waals surface area contributed by atoms with Gasteiger partial charge in [-0.05, 0) is 37.1 Å². The summed E-state index contributed by atoms with van der Waals surface area (Å²) in [6, 6.07) is 8.25. The molecule has 6 nitrogen and oxygen atoms in total. The van der Waals surface area contributed by atoms with Crippen LogP contribution < -0.4 is 16.0 Å². The van der Waals surface area contributed by atoms with E-state index in [1.807, 2.05) is 29.2 Å². The van der Waals surface area contributed by atoms with Crippen LogP contribution in [-0.2, 0) is 4.79 Å². The summed E-state index contributed by atoms with van der Waals surface area (Å²) in [5.74, 6) is 0.405. The molecular weight excluding hydrogens is 314 g/mol. The van der Waals surface area contributed by atoms with Crippen LogP contribution in [0.5, 0.6) is 0 Å². The monoisotopic (exact) mass is 335 g/mol. The molecule has 2 aliphatic rings. The van der Waals surface area contributed by atoms with Crippen LogP contribution in [0.3, 0.4) is 0 Å². The molecule has 0 aromatic heterocycles. The van der Waals surface area contributed by atoms with Gasteiger partial charge in [0.25, 0.3) is 0 Å². The molecule has 1 aromatic carbocycles. The molecular formula is C16H22ClN5O. The van der Waals surface area contributed by atoms with E-state index in [1.165, 1.54) is 0 Å². The number of carbonyl (C=O) groups is 1. The molecule has 0 unspecified atom stereocenters. The van der Waals surface area contributed by atoms with Crippen LogP contribution in [0.1, 0.15) is 12.8 Å². The third-order valence-corrected chi connectivity index (χ3v) is 4.39. The summed E-state index contributed by atoms with van der Waals surface area (Å²) >= 11 is 5.91. The fourth-order valence-corrected chi connectivity index (χ4v) is 2.73. The zero-order valence-corrected chi connectivity index (χ0v) is 13.8. The van der Waals surface area contributed by atoms with Crippen molar-refractivity contribution in [2.75, 3.05) is 37.6 Å². The van der Waals surface area contributed by atoms with E-state index in [1.54, 1.807) is 0 Å². The zero-order valence-electron chi connectivity index (χ0n) is 13.0. The molecule has 0 spiro atoms. The Bertz CT molecular complexity index is 577. The van der Waals surface area contributed by atoms with Gasteiger partial charge >= 0.3 is 0 Å². The fraction of sp³-hybridized carbons (Fsp3) is 0.500. The van der Waals surface area contributed by atoms with Crippen LogP contribution in [0.2, 0.25) is 5.02 Å². The first-order valence-corrected chi connectivity index (χ1v) is 8.34. The highest BCUT2D eigenvalue weighted by Crippen LogP contribution is 2.19. The third kappa shape index (κ3) is 4.51. The summed E-state index contributed by atoms with van der Waals surface area (Å²) in [4.78, 5) is 20.4. The average Bonchev–Trinajstić information content (AvgIpc) is 3.37. The van der Waals surface area contributed by atoms with Gasteiger partial charge in [0.15, 0.2) is 5.96 Å². The Kier molecular flexibility index (Phi) is 4.91. The number of nitrogens with one attached hydrogen (secondary N) is 1. The number of carbonyl (C=O) groups excluding carboxylic acids is 1. The summed E-state index contributed by atoms with van der Waals surface area (Å²) in [5, 5.41) is 3.82. The van der Waals surface area contributed by atoms with E-state index in [0.717, 1.165) is 36.6 Å². The van der Waals surface area contributed by atoms with E-state index in [0.29, 0.717) is 25.1 Å². The van der Waals surface area contributed by atoms with Crippen molar-refractivity contribution >= 4 is 29.2 Å². The summed E-state index contributed by atoms with van der Waals surface area (Å²) in [6.45, 7) is 3.15. The van der Waals surface area contributed by atoms with Gasteiger partial charge in [0.1, 0.15) is 6.54 Å². The van der Waals surface area contributed by atoms with Gasteiger partial charge in [-0.2, -0.15) is 0 Å². The first-order chi connectivity index (χ1) is 11.1. The zero-order chi connectivity index (χ0) is 16.2. The van der Waals surface area contributed by atoms with Crippen molar-refractivity contribution in [1.82, 2.24) is 10.2 Å². The normalized spacial score (nSPS) is 18.9. The molecule has 1 saturated heterocycles. The van der Waals surface area contributed by atoms with Crippen molar-refractivity contribution in [1.29, 1.82) is 0 Å². The van der Waals surface area contributed by atoms with Gasteiger partial charge in [0.05, 0.1) is 0 Å². The average molecular weight is 336 g/mol. The largest absolute Gasteiger partial charge is 0.370 e. The van der Waals surface area contributed by atoms with Gasteiger partial charge in [-0.25, -0.2) is 4.99 Å². The van der Waals surface area contributed by atoms with Crippen LogP contribution >= 0.6 is 11.6 Å².